The molecule has 0 spiro atoms. The molecule has 0 aliphatic heterocycles. The molecule has 5 heteroatoms. The Morgan fingerprint density at radius 3 is 2.21 bits per heavy atom. The largest absolute Gasteiger partial charge is 0.465 e. The normalized spacial score (nSPS) is 8.16. The van der Waals surface area contributed by atoms with Crippen LogP contribution in [-0.4, -0.2) is 26.4 Å². The quantitative estimate of drug-likeness (QED) is 0.665. The lowest BCUT2D eigenvalue weighted by Crippen LogP contribution is -2.06. The van der Waals surface area contributed by atoms with Crippen molar-refractivity contribution in [1.82, 2.24) is 0 Å². The molecule has 0 heterocycles. The number of esters is 1. The molecular formula is C14H22ClNO3. The lowest BCUT2D eigenvalue weighted by Gasteiger charge is -2.09. The summed E-state index contributed by atoms with van der Waals surface area (Å²) < 4.78 is 4.65. The number of hydrogen-bond acceptors (Lipinski definition) is 4. The molecule has 0 atom stereocenters. The van der Waals surface area contributed by atoms with Gasteiger partial charge in [-0.15, -0.1) is 0 Å². The number of carbonyl (C=O) groups excluding carboxylic acids is 2. The van der Waals surface area contributed by atoms with Gasteiger partial charge < -0.3 is 14.8 Å². The minimum Gasteiger partial charge on any atom is -0.465 e. The highest BCUT2D eigenvalue weighted by molar-refractivity contribution is 6.31. The predicted octanol–water partition coefficient (Wildman–Crippen LogP) is 3.71. The number of aldehydes is 1. The molecule has 0 fully saturated rings. The Kier molecular flexibility index (Phi) is 12.0. The molecule has 0 unspecified atom stereocenters. The second-order valence-corrected chi connectivity index (χ2v) is 3.53. The van der Waals surface area contributed by atoms with E-state index >= 15 is 0 Å². The third-order valence-corrected chi connectivity index (χ3v) is 2.38. The summed E-state index contributed by atoms with van der Waals surface area (Å²) in [6, 6.07) is 3.42. The van der Waals surface area contributed by atoms with E-state index < -0.39 is 0 Å². The Morgan fingerprint density at radius 2 is 1.84 bits per heavy atom. The molecule has 108 valence electrons. The van der Waals surface area contributed by atoms with Crippen LogP contribution in [0.15, 0.2) is 12.1 Å². The zero-order valence-electron chi connectivity index (χ0n) is 12.3. The maximum Gasteiger partial charge on any atom is 0.339 e. The van der Waals surface area contributed by atoms with Gasteiger partial charge in [0.1, 0.15) is 6.29 Å². The highest BCUT2D eigenvalue weighted by atomic mass is 35.5. The molecule has 0 saturated carbocycles. The van der Waals surface area contributed by atoms with Gasteiger partial charge in [-0.2, -0.15) is 0 Å². The number of hydrogen-bond donors (Lipinski definition) is 1. The Morgan fingerprint density at radius 1 is 1.37 bits per heavy atom. The van der Waals surface area contributed by atoms with Crippen LogP contribution in [0.1, 0.15) is 36.7 Å². The minimum atomic E-state index is -0.367. The molecular weight excluding hydrogens is 266 g/mol. The van der Waals surface area contributed by atoms with Gasteiger partial charge in [0.25, 0.3) is 0 Å². The lowest BCUT2D eigenvalue weighted by molar-refractivity contribution is -0.106. The smallest absolute Gasteiger partial charge is 0.339 e. The SMILES string of the molecule is CC.CC=O.CNc1cc(Cl)c(C)cc1C(=O)OC. The fourth-order valence-corrected chi connectivity index (χ4v) is 1.33. The number of ether oxygens (including phenoxy) is 1. The number of aryl methyl sites for hydroxylation is 1. The van der Waals surface area contributed by atoms with Gasteiger partial charge >= 0.3 is 5.97 Å². The number of nitrogens with one attached hydrogen (secondary N) is 1. The Hall–Kier alpha value is -1.55. The summed E-state index contributed by atoms with van der Waals surface area (Å²) >= 11 is 5.92. The van der Waals surface area contributed by atoms with Crippen molar-refractivity contribution in [3.8, 4) is 0 Å². The highest BCUT2D eigenvalue weighted by Crippen LogP contribution is 2.25. The monoisotopic (exact) mass is 287 g/mol. The van der Waals surface area contributed by atoms with Gasteiger partial charge in [0.05, 0.1) is 12.7 Å². The molecule has 0 bridgehead atoms. The van der Waals surface area contributed by atoms with Crippen molar-refractivity contribution in [2.75, 3.05) is 19.5 Å². The first-order chi connectivity index (χ1) is 9.01. The summed E-state index contributed by atoms with van der Waals surface area (Å²) in [7, 11) is 3.08. The average molecular weight is 288 g/mol. The third kappa shape index (κ3) is 6.82. The van der Waals surface area contributed by atoms with E-state index in [1.165, 1.54) is 14.0 Å². The first kappa shape index (κ1) is 19.8. The van der Waals surface area contributed by atoms with E-state index in [-0.39, 0.29) is 5.97 Å². The van der Waals surface area contributed by atoms with Crippen molar-refractivity contribution in [3.05, 3.63) is 28.3 Å². The van der Waals surface area contributed by atoms with E-state index in [0.29, 0.717) is 16.3 Å². The third-order valence-electron chi connectivity index (χ3n) is 1.97. The Labute approximate surface area is 120 Å². The molecule has 19 heavy (non-hydrogen) atoms. The summed E-state index contributed by atoms with van der Waals surface area (Å²) in [5.74, 6) is -0.367. The minimum absolute atomic E-state index is 0.367. The molecule has 1 aromatic rings. The van der Waals surface area contributed by atoms with E-state index in [4.69, 9.17) is 16.4 Å². The number of halogens is 1. The number of anilines is 1. The van der Waals surface area contributed by atoms with E-state index in [2.05, 4.69) is 10.1 Å². The van der Waals surface area contributed by atoms with Crippen LogP contribution in [0.2, 0.25) is 5.02 Å². The molecule has 0 aliphatic rings. The van der Waals surface area contributed by atoms with Gasteiger partial charge in [-0.1, -0.05) is 25.4 Å². The summed E-state index contributed by atoms with van der Waals surface area (Å²) in [6.07, 6.45) is 0.750. The standard InChI is InChI=1S/C10H12ClNO2.C2H4O.C2H6/c1-6-4-7(10(13)14-3)9(12-2)5-8(6)11;1-2-3;1-2/h4-5,12H,1-3H3;2H,1H3;1-2H3. The molecule has 1 rings (SSSR count). The van der Waals surface area contributed by atoms with Crippen LogP contribution >= 0.6 is 11.6 Å². The van der Waals surface area contributed by atoms with Crippen molar-refractivity contribution < 1.29 is 14.3 Å². The van der Waals surface area contributed by atoms with E-state index in [9.17, 15) is 4.79 Å². The molecule has 0 aromatic heterocycles. The topological polar surface area (TPSA) is 55.4 Å². The molecule has 1 aromatic carbocycles. The van der Waals surface area contributed by atoms with E-state index in [0.717, 1.165) is 11.8 Å². The Balaban J connectivity index is 0. The second-order valence-electron chi connectivity index (χ2n) is 3.12. The fraction of sp³-hybridized carbons (Fsp3) is 0.429. The van der Waals surface area contributed by atoms with Crippen LogP contribution in [0, 0.1) is 6.92 Å². The molecule has 1 N–H and O–H groups in total. The van der Waals surface area contributed by atoms with Gasteiger partial charge in [-0.3, -0.25) is 0 Å². The van der Waals surface area contributed by atoms with Crippen molar-refractivity contribution >= 4 is 29.5 Å². The lowest BCUT2D eigenvalue weighted by atomic mass is 10.1. The van der Waals surface area contributed by atoms with E-state index in [1.54, 1.807) is 19.2 Å². The molecule has 0 saturated heterocycles. The molecule has 4 nitrogen and oxygen atoms in total. The van der Waals surface area contributed by atoms with Crippen LogP contribution in [0.4, 0.5) is 5.69 Å². The number of rotatable bonds is 2. The summed E-state index contributed by atoms with van der Waals surface area (Å²) in [6.45, 7) is 7.29. The van der Waals surface area contributed by atoms with Gasteiger partial charge in [0, 0.05) is 17.8 Å². The van der Waals surface area contributed by atoms with Crippen LogP contribution in [0.3, 0.4) is 0 Å². The van der Waals surface area contributed by atoms with Crippen LogP contribution in [0.5, 0.6) is 0 Å². The molecule has 0 aliphatic carbocycles. The van der Waals surface area contributed by atoms with Crippen molar-refractivity contribution in [1.29, 1.82) is 0 Å². The van der Waals surface area contributed by atoms with Crippen molar-refractivity contribution in [2.45, 2.75) is 27.7 Å². The summed E-state index contributed by atoms with van der Waals surface area (Å²) in [5, 5.41) is 3.52. The zero-order chi connectivity index (χ0) is 15.4. The van der Waals surface area contributed by atoms with Gasteiger partial charge in [0.15, 0.2) is 0 Å². The molecule has 0 amide bonds. The zero-order valence-corrected chi connectivity index (χ0v) is 13.1. The van der Waals surface area contributed by atoms with Crippen LogP contribution in [0.25, 0.3) is 0 Å². The van der Waals surface area contributed by atoms with Gasteiger partial charge in [-0.25, -0.2) is 4.79 Å². The first-order valence-electron chi connectivity index (χ1n) is 5.97. The fourth-order valence-electron chi connectivity index (χ4n) is 1.17. The second kappa shape index (κ2) is 11.5. The maximum atomic E-state index is 11.4. The van der Waals surface area contributed by atoms with Crippen LogP contribution < -0.4 is 5.32 Å². The van der Waals surface area contributed by atoms with Gasteiger partial charge in [0.2, 0.25) is 0 Å². The maximum absolute atomic E-state index is 11.4. The number of benzene rings is 1. The highest BCUT2D eigenvalue weighted by Gasteiger charge is 2.12. The number of carbonyl (C=O) groups is 2. The van der Waals surface area contributed by atoms with Crippen LogP contribution in [-0.2, 0) is 9.53 Å². The van der Waals surface area contributed by atoms with Gasteiger partial charge in [-0.05, 0) is 31.5 Å². The number of methoxy groups -OCH3 is 1. The van der Waals surface area contributed by atoms with E-state index in [1.807, 2.05) is 20.8 Å². The summed E-state index contributed by atoms with van der Waals surface area (Å²) in [4.78, 5) is 20.2. The average Bonchev–Trinajstić information content (AvgIpc) is 2.43. The van der Waals surface area contributed by atoms with Crippen molar-refractivity contribution in [3.63, 3.8) is 0 Å². The summed E-state index contributed by atoms with van der Waals surface area (Å²) in [5.41, 5.74) is 2.02. The molecule has 0 radical (unpaired) electrons. The predicted molar refractivity (Wildman–Crippen MR) is 80.2 cm³/mol. The Bertz CT molecular complexity index is 406. The first-order valence-corrected chi connectivity index (χ1v) is 6.35. The van der Waals surface area contributed by atoms with Crippen molar-refractivity contribution in [2.24, 2.45) is 0 Å².